The van der Waals surface area contributed by atoms with Gasteiger partial charge in [0.15, 0.2) is 16.7 Å². The molecule has 0 saturated carbocycles. The number of fused-ring (bicyclic) bond motifs is 2. The highest BCUT2D eigenvalue weighted by molar-refractivity contribution is 8.15. The van der Waals surface area contributed by atoms with E-state index in [9.17, 15) is 14.4 Å². The molecule has 1 N–H and O–H groups in total. The fourth-order valence-electron chi connectivity index (χ4n) is 4.45. The molecule has 34 heavy (non-hydrogen) atoms. The smallest absolute Gasteiger partial charge is 0.271 e. The number of amides is 3. The number of hydrogen-bond acceptors (Lipinski definition) is 7. The highest BCUT2D eigenvalue weighted by atomic mass is 32.2. The molecule has 4 rings (SSSR count). The van der Waals surface area contributed by atoms with Gasteiger partial charge in [0.25, 0.3) is 5.91 Å². The SMILES string of the molecule is COc1ccc(CN2C(=O)[C@@]3(SC(NC(C)=O)=NN3C(C)=O)c3cc(C)cc(C)c32)cc1OC. The maximum absolute atomic E-state index is 14.1. The van der Waals surface area contributed by atoms with Crippen LogP contribution in [0.4, 0.5) is 5.69 Å². The Kier molecular flexibility index (Phi) is 6.03. The van der Waals surface area contributed by atoms with Gasteiger partial charge in [0.05, 0.1) is 26.5 Å². The van der Waals surface area contributed by atoms with Crippen LogP contribution < -0.4 is 19.7 Å². The Morgan fingerprint density at radius 3 is 2.41 bits per heavy atom. The van der Waals surface area contributed by atoms with E-state index in [1.165, 1.54) is 18.9 Å². The van der Waals surface area contributed by atoms with Gasteiger partial charge < -0.3 is 19.7 Å². The largest absolute Gasteiger partial charge is 0.493 e. The summed E-state index contributed by atoms with van der Waals surface area (Å²) in [6.07, 6.45) is 0. The molecule has 0 radical (unpaired) electrons. The summed E-state index contributed by atoms with van der Waals surface area (Å²) in [6, 6.07) is 9.39. The van der Waals surface area contributed by atoms with Crippen LogP contribution in [0.1, 0.15) is 36.1 Å². The lowest BCUT2D eigenvalue weighted by atomic mass is 10.0. The minimum absolute atomic E-state index is 0.203. The predicted molar refractivity (Wildman–Crippen MR) is 130 cm³/mol. The first kappa shape index (κ1) is 23.6. The van der Waals surface area contributed by atoms with E-state index >= 15 is 0 Å². The molecule has 178 valence electrons. The van der Waals surface area contributed by atoms with Crippen molar-refractivity contribution in [3.8, 4) is 11.5 Å². The summed E-state index contributed by atoms with van der Waals surface area (Å²) in [4.78, 5) is 38.8. The zero-order valence-electron chi connectivity index (χ0n) is 19.9. The Morgan fingerprint density at radius 1 is 1.09 bits per heavy atom. The highest BCUT2D eigenvalue weighted by Gasteiger charge is 2.61. The van der Waals surface area contributed by atoms with Gasteiger partial charge in [-0.15, -0.1) is 5.10 Å². The summed E-state index contributed by atoms with van der Waals surface area (Å²) in [7, 11) is 3.12. The van der Waals surface area contributed by atoms with Crippen LogP contribution in [0.25, 0.3) is 0 Å². The molecule has 2 aliphatic rings. The van der Waals surface area contributed by atoms with Gasteiger partial charge in [0.1, 0.15) is 0 Å². The lowest BCUT2D eigenvalue weighted by Gasteiger charge is -2.29. The Balaban J connectivity index is 1.84. The number of benzene rings is 2. The minimum atomic E-state index is -1.44. The Bertz CT molecular complexity index is 1240. The lowest BCUT2D eigenvalue weighted by molar-refractivity contribution is -0.139. The number of aryl methyl sites for hydroxylation is 2. The second-order valence-corrected chi connectivity index (χ2v) is 9.40. The van der Waals surface area contributed by atoms with Crippen LogP contribution in [0.2, 0.25) is 0 Å². The zero-order chi connectivity index (χ0) is 24.8. The highest BCUT2D eigenvalue weighted by Crippen LogP contribution is 2.56. The van der Waals surface area contributed by atoms with Crippen LogP contribution in [0.3, 0.4) is 0 Å². The summed E-state index contributed by atoms with van der Waals surface area (Å²) in [6.45, 7) is 6.84. The van der Waals surface area contributed by atoms with Gasteiger partial charge in [-0.25, -0.2) is 0 Å². The third kappa shape index (κ3) is 3.67. The van der Waals surface area contributed by atoms with E-state index in [2.05, 4.69) is 10.4 Å². The van der Waals surface area contributed by atoms with Crippen molar-refractivity contribution >= 4 is 40.3 Å². The van der Waals surface area contributed by atoms with Crippen molar-refractivity contribution in [2.24, 2.45) is 5.10 Å². The molecular formula is C24H26N4O5S. The standard InChI is InChI=1S/C24H26N4O5S/c1-13-9-14(2)21-18(10-13)24(28(16(4)30)26-23(34-24)25-15(3)29)22(31)27(21)12-17-7-8-19(32-5)20(11-17)33-6/h7-11H,12H2,1-6H3,(H,25,26,29)/t24-/m0/s1. The molecule has 9 nitrogen and oxygen atoms in total. The molecule has 2 aromatic carbocycles. The summed E-state index contributed by atoms with van der Waals surface area (Å²) in [5.41, 5.74) is 4.07. The number of nitrogens with zero attached hydrogens (tertiary/aromatic N) is 3. The molecule has 2 heterocycles. The van der Waals surface area contributed by atoms with Crippen molar-refractivity contribution in [2.45, 2.75) is 39.1 Å². The number of hydrogen-bond donors (Lipinski definition) is 1. The van der Waals surface area contributed by atoms with Crippen molar-refractivity contribution in [2.75, 3.05) is 19.1 Å². The van der Waals surface area contributed by atoms with Crippen molar-refractivity contribution < 1.29 is 23.9 Å². The van der Waals surface area contributed by atoms with Crippen LogP contribution in [0.5, 0.6) is 11.5 Å². The molecular weight excluding hydrogens is 456 g/mol. The third-order valence-electron chi connectivity index (χ3n) is 5.72. The first-order valence-electron chi connectivity index (χ1n) is 10.6. The second kappa shape index (κ2) is 8.68. The molecule has 0 saturated heterocycles. The number of rotatable bonds is 4. The van der Waals surface area contributed by atoms with Gasteiger partial charge in [-0.2, -0.15) is 5.01 Å². The molecule has 1 atom stereocenters. The first-order valence-corrected chi connectivity index (χ1v) is 11.4. The number of carbonyl (C=O) groups excluding carboxylic acids is 3. The van der Waals surface area contributed by atoms with Crippen molar-refractivity contribution in [1.29, 1.82) is 0 Å². The topological polar surface area (TPSA) is 101 Å². The van der Waals surface area contributed by atoms with Crippen molar-refractivity contribution in [1.82, 2.24) is 10.3 Å². The number of thioether (sulfide) groups is 1. The van der Waals surface area contributed by atoms with Crippen LogP contribution in [-0.4, -0.2) is 42.1 Å². The van der Waals surface area contributed by atoms with Gasteiger partial charge in [0.2, 0.25) is 16.7 Å². The van der Waals surface area contributed by atoms with Gasteiger partial charge >= 0.3 is 0 Å². The van der Waals surface area contributed by atoms with E-state index in [1.807, 2.05) is 38.1 Å². The lowest BCUT2D eigenvalue weighted by Crippen LogP contribution is -2.48. The van der Waals surface area contributed by atoms with E-state index in [0.29, 0.717) is 17.1 Å². The van der Waals surface area contributed by atoms with Crippen LogP contribution in [-0.2, 0) is 25.8 Å². The molecule has 0 aromatic heterocycles. The number of ether oxygens (including phenoxy) is 2. The number of nitrogens with one attached hydrogen (secondary N) is 1. The van der Waals surface area contributed by atoms with Crippen molar-refractivity contribution in [3.63, 3.8) is 0 Å². The molecule has 10 heteroatoms. The average molecular weight is 483 g/mol. The second-order valence-electron chi connectivity index (χ2n) is 8.22. The number of anilines is 1. The van der Waals surface area contributed by atoms with E-state index in [-0.39, 0.29) is 23.5 Å². The fraction of sp³-hybridized carbons (Fsp3) is 0.333. The number of amidine groups is 1. The number of hydrazone groups is 1. The summed E-state index contributed by atoms with van der Waals surface area (Å²) in [5.74, 6) is 0.0962. The molecule has 0 fully saturated rings. The summed E-state index contributed by atoms with van der Waals surface area (Å²) in [5, 5.41) is 8.32. The zero-order valence-corrected chi connectivity index (χ0v) is 20.7. The van der Waals surface area contributed by atoms with Crippen LogP contribution in [0.15, 0.2) is 35.4 Å². The monoisotopic (exact) mass is 482 g/mol. The van der Waals surface area contributed by atoms with Gasteiger partial charge in [-0.1, -0.05) is 23.8 Å². The molecule has 3 amide bonds. The maximum Gasteiger partial charge on any atom is 0.271 e. The van der Waals surface area contributed by atoms with Crippen LogP contribution >= 0.6 is 11.8 Å². The van der Waals surface area contributed by atoms with Crippen LogP contribution in [0, 0.1) is 13.8 Å². The molecule has 2 aliphatic heterocycles. The van der Waals surface area contributed by atoms with Gasteiger partial charge in [-0.3, -0.25) is 14.4 Å². The minimum Gasteiger partial charge on any atom is -0.493 e. The average Bonchev–Trinajstić information content (AvgIpc) is 3.25. The van der Waals surface area contributed by atoms with E-state index in [1.54, 1.807) is 25.2 Å². The third-order valence-corrected chi connectivity index (χ3v) is 6.96. The van der Waals surface area contributed by atoms with Crippen molar-refractivity contribution in [3.05, 3.63) is 52.6 Å². The molecule has 1 spiro atoms. The fourth-order valence-corrected chi connectivity index (χ4v) is 5.77. The quantitative estimate of drug-likeness (QED) is 0.719. The Morgan fingerprint density at radius 2 is 1.79 bits per heavy atom. The Labute approximate surface area is 202 Å². The maximum atomic E-state index is 14.1. The molecule has 2 aromatic rings. The van der Waals surface area contributed by atoms with E-state index in [4.69, 9.17) is 9.47 Å². The van der Waals surface area contributed by atoms with E-state index < -0.39 is 10.8 Å². The predicted octanol–water partition coefficient (Wildman–Crippen LogP) is 3.02. The van der Waals surface area contributed by atoms with E-state index in [0.717, 1.165) is 34.1 Å². The number of carbonyl (C=O) groups is 3. The van der Waals surface area contributed by atoms with Gasteiger partial charge in [0, 0.05) is 19.4 Å². The first-order chi connectivity index (χ1) is 16.1. The summed E-state index contributed by atoms with van der Waals surface area (Å²) < 4.78 is 10.8. The Hall–Kier alpha value is -3.53. The summed E-state index contributed by atoms with van der Waals surface area (Å²) >= 11 is 1.07. The van der Waals surface area contributed by atoms with Gasteiger partial charge in [-0.05, 0) is 48.9 Å². The number of methoxy groups -OCH3 is 2. The molecule has 0 aliphatic carbocycles. The molecule has 0 unspecified atom stereocenters. The normalized spacial score (nSPS) is 18.8. The molecule has 0 bridgehead atoms.